The molecule has 5 nitrogen and oxygen atoms in total. The Balaban J connectivity index is 1.08. The number of benzene rings is 1. The van der Waals surface area contributed by atoms with Gasteiger partial charge in [0.15, 0.2) is 0 Å². The molecule has 1 aliphatic heterocycles. The lowest BCUT2D eigenvalue weighted by Gasteiger charge is -2.57. The summed E-state index contributed by atoms with van der Waals surface area (Å²) in [6, 6.07) is 7.70. The van der Waals surface area contributed by atoms with E-state index in [0.717, 1.165) is 61.4 Å². The van der Waals surface area contributed by atoms with Crippen molar-refractivity contribution in [1.82, 2.24) is 15.1 Å². The normalized spacial score (nSPS) is 31.4. The van der Waals surface area contributed by atoms with Crippen LogP contribution < -0.4 is 5.32 Å². The maximum Gasteiger partial charge on any atom is 0.253 e. The summed E-state index contributed by atoms with van der Waals surface area (Å²) in [5.41, 5.74) is 2.25. The van der Waals surface area contributed by atoms with E-state index in [4.69, 9.17) is 0 Å². The molecular formula is C26H37N3O2. The van der Waals surface area contributed by atoms with Gasteiger partial charge in [0.2, 0.25) is 5.91 Å². The number of likely N-dealkylation sites (N-methyl/N-ethyl adjacent to an activating group) is 1. The minimum atomic E-state index is 0.0875. The number of nitrogens with zero attached hydrogens (tertiary/aromatic N) is 2. The first-order chi connectivity index (χ1) is 15.0. The Bertz CT molecular complexity index is 777. The first-order valence-corrected chi connectivity index (χ1v) is 12.3. The summed E-state index contributed by atoms with van der Waals surface area (Å²) in [5.74, 6) is 3.07. The molecule has 1 aromatic carbocycles. The van der Waals surface area contributed by atoms with Crippen molar-refractivity contribution in [3.63, 3.8) is 0 Å². The highest BCUT2D eigenvalue weighted by atomic mass is 16.2. The predicted octanol–water partition coefficient (Wildman–Crippen LogP) is 3.69. The Morgan fingerprint density at radius 2 is 1.58 bits per heavy atom. The molecule has 168 valence electrons. The van der Waals surface area contributed by atoms with Crippen LogP contribution >= 0.6 is 0 Å². The van der Waals surface area contributed by atoms with Gasteiger partial charge in [0.1, 0.15) is 0 Å². The average molecular weight is 424 g/mol. The Morgan fingerprint density at radius 1 is 1.00 bits per heavy atom. The third-order valence-corrected chi connectivity index (χ3v) is 8.27. The van der Waals surface area contributed by atoms with Gasteiger partial charge in [-0.1, -0.05) is 12.1 Å². The van der Waals surface area contributed by atoms with Crippen molar-refractivity contribution in [3.05, 3.63) is 35.4 Å². The van der Waals surface area contributed by atoms with Crippen LogP contribution in [0.2, 0.25) is 0 Å². The molecular weight excluding hydrogens is 386 g/mol. The van der Waals surface area contributed by atoms with Crippen LogP contribution in [0.3, 0.4) is 0 Å². The first-order valence-electron chi connectivity index (χ1n) is 12.3. The number of carbonyl (C=O) groups is 2. The maximum atomic E-state index is 12.5. The maximum absolute atomic E-state index is 12.5. The predicted molar refractivity (Wildman–Crippen MR) is 122 cm³/mol. The van der Waals surface area contributed by atoms with Crippen molar-refractivity contribution >= 4 is 11.8 Å². The third kappa shape index (κ3) is 4.67. The van der Waals surface area contributed by atoms with Gasteiger partial charge >= 0.3 is 0 Å². The van der Waals surface area contributed by atoms with Gasteiger partial charge in [-0.15, -0.1) is 0 Å². The van der Waals surface area contributed by atoms with E-state index in [1.54, 1.807) is 0 Å². The highest BCUT2D eigenvalue weighted by Gasteiger charge is 2.51. The van der Waals surface area contributed by atoms with E-state index in [-0.39, 0.29) is 11.8 Å². The fourth-order valence-corrected chi connectivity index (χ4v) is 7.48. The van der Waals surface area contributed by atoms with Crippen LogP contribution in [0.25, 0.3) is 0 Å². The summed E-state index contributed by atoms with van der Waals surface area (Å²) >= 11 is 0. The van der Waals surface area contributed by atoms with E-state index < -0.39 is 0 Å². The molecule has 5 aliphatic rings. The van der Waals surface area contributed by atoms with Crippen molar-refractivity contribution in [2.75, 3.05) is 33.2 Å². The summed E-state index contributed by atoms with van der Waals surface area (Å²) < 4.78 is 0. The molecule has 0 radical (unpaired) electrons. The van der Waals surface area contributed by atoms with Crippen LogP contribution in [0.5, 0.6) is 0 Å². The Hall–Kier alpha value is -1.88. The molecule has 4 saturated carbocycles. The molecule has 1 N–H and O–H groups in total. The molecule has 0 unspecified atom stereocenters. The summed E-state index contributed by atoms with van der Waals surface area (Å²) in [6.45, 7) is 3.79. The van der Waals surface area contributed by atoms with Gasteiger partial charge in [0.25, 0.3) is 5.91 Å². The first kappa shape index (κ1) is 21.0. The quantitative estimate of drug-likeness (QED) is 0.728. The van der Waals surface area contributed by atoms with Crippen LogP contribution in [0.1, 0.15) is 67.3 Å². The number of hydrogen-bond donors (Lipinski definition) is 1. The van der Waals surface area contributed by atoms with Crippen LogP contribution in [-0.4, -0.2) is 54.8 Å². The summed E-state index contributed by atoms with van der Waals surface area (Å²) in [6.07, 6.45) is 10.7. The third-order valence-electron chi connectivity index (χ3n) is 8.27. The van der Waals surface area contributed by atoms with E-state index in [0.29, 0.717) is 18.5 Å². The van der Waals surface area contributed by atoms with Crippen LogP contribution in [0.15, 0.2) is 24.3 Å². The van der Waals surface area contributed by atoms with Crippen LogP contribution in [0.4, 0.5) is 0 Å². The van der Waals surface area contributed by atoms with E-state index in [1.807, 2.05) is 29.2 Å². The zero-order valence-corrected chi connectivity index (χ0v) is 18.9. The number of hydrogen-bond acceptors (Lipinski definition) is 3. The van der Waals surface area contributed by atoms with Crippen molar-refractivity contribution in [3.8, 4) is 0 Å². The summed E-state index contributed by atoms with van der Waals surface area (Å²) in [4.78, 5) is 29.2. The van der Waals surface area contributed by atoms with Crippen molar-refractivity contribution < 1.29 is 9.59 Å². The second kappa shape index (κ2) is 8.57. The number of likely N-dealkylation sites (tertiary alicyclic amines) is 1. The molecule has 1 aromatic rings. The highest BCUT2D eigenvalue weighted by molar-refractivity contribution is 5.94. The summed E-state index contributed by atoms with van der Waals surface area (Å²) in [5, 5.41) is 3.07. The van der Waals surface area contributed by atoms with Crippen molar-refractivity contribution in [1.29, 1.82) is 0 Å². The molecule has 5 heteroatoms. The van der Waals surface area contributed by atoms with Gasteiger partial charge < -0.3 is 10.2 Å². The number of rotatable bonds is 7. The Kier molecular flexibility index (Phi) is 5.80. The average Bonchev–Trinajstić information content (AvgIpc) is 3.25. The summed E-state index contributed by atoms with van der Waals surface area (Å²) in [7, 11) is 2.11. The molecule has 2 amide bonds. The molecule has 4 bridgehead atoms. The van der Waals surface area contributed by atoms with E-state index in [2.05, 4.69) is 17.3 Å². The zero-order valence-electron chi connectivity index (χ0n) is 18.9. The van der Waals surface area contributed by atoms with Gasteiger partial charge in [-0.25, -0.2) is 0 Å². The molecule has 0 spiro atoms. The molecule has 6 rings (SSSR count). The second-order valence-corrected chi connectivity index (χ2v) is 11.1. The second-order valence-electron chi connectivity index (χ2n) is 11.1. The lowest BCUT2D eigenvalue weighted by atomic mass is 9.49. The molecule has 1 saturated heterocycles. The van der Waals surface area contributed by atoms with Gasteiger partial charge in [-0.2, -0.15) is 0 Å². The fourth-order valence-electron chi connectivity index (χ4n) is 7.48. The Labute approximate surface area is 186 Å². The number of carbonyl (C=O) groups excluding carboxylic acids is 2. The number of nitrogens with one attached hydrogen (secondary N) is 1. The molecule has 1 heterocycles. The monoisotopic (exact) mass is 423 g/mol. The van der Waals surface area contributed by atoms with Crippen molar-refractivity contribution in [2.45, 2.75) is 57.9 Å². The lowest BCUT2D eigenvalue weighted by Crippen LogP contribution is -2.51. The smallest absolute Gasteiger partial charge is 0.253 e. The van der Waals surface area contributed by atoms with E-state index in [1.165, 1.54) is 38.5 Å². The van der Waals surface area contributed by atoms with Gasteiger partial charge in [0.05, 0.1) is 6.54 Å². The largest absolute Gasteiger partial charge is 0.351 e. The molecule has 5 fully saturated rings. The zero-order chi connectivity index (χ0) is 21.4. The highest BCUT2D eigenvalue weighted by Crippen LogP contribution is 2.60. The minimum absolute atomic E-state index is 0.0875. The topological polar surface area (TPSA) is 52.7 Å². The standard InChI is InChI=1S/C26H37N3O2/c1-28(18-26-13-20-10-21(14-26)12-22(11-20)15-26)17-24(30)27-16-19-4-6-23(7-5-19)25(31)29-8-2-3-9-29/h4-7,20-22H,2-3,8-18H2,1H3,(H,27,30). The SMILES string of the molecule is CN(CC(=O)NCc1ccc(C(=O)N2CCCC2)cc1)CC12CC3CC(CC(C3)C1)C2. The molecule has 0 aromatic heterocycles. The Morgan fingerprint density at radius 3 is 2.16 bits per heavy atom. The molecule has 31 heavy (non-hydrogen) atoms. The fraction of sp³-hybridized carbons (Fsp3) is 0.692. The van der Waals surface area contributed by atoms with Gasteiger partial charge in [-0.3, -0.25) is 14.5 Å². The van der Waals surface area contributed by atoms with E-state index in [9.17, 15) is 9.59 Å². The van der Waals surface area contributed by atoms with Crippen LogP contribution in [-0.2, 0) is 11.3 Å². The van der Waals surface area contributed by atoms with Crippen LogP contribution in [0, 0.1) is 23.2 Å². The van der Waals surface area contributed by atoms with E-state index >= 15 is 0 Å². The minimum Gasteiger partial charge on any atom is -0.351 e. The number of amides is 2. The van der Waals surface area contributed by atoms with Gasteiger partial charge in [0, 0.05) is 31.7 Å². The molecule has 0 atom stereocenters. The lowest BCUT2D eigenvalue weighted by molar-refractivity contribution is -0.123. The van der Waals surface area contributed by atoms with Crippen molar-refractivity contribution in [2.24, 2.45) is 23.2 Å². The molecule has 4 aliphatic carbocycles. The van der Waals surface area contributed by atoms with Gasteiger partial charge in [-0.05, 0) is 99.3 Å².